The van der Waals surface area contributed by atoms with Crippen LogP contribution in [0.2, 0.25) is 0 Å². The monoisotopic (exact) mass is 652 g/mol. The van der Waals surface area contributed by atoms with Gasteiger partial charge in [-0.2, -0.15) is 4.31 Å². The van der Waals surface area contributed by atoms with Crippen molar-refractivity contribution in [2.24, 2.45) is 5.92 Å². The van der Waals surface area contributed by atoms with Crippen molar-refractivity contribution in [3.8, 4) is 0 Å². The van der Waals surface area contributed by atoms with Crippen LogP contribution in [0, 0.1) is 16.0 Å². The zero-order valence-electron chi connectivity index (χ0n) is 25.6. The number of nitro groups is 1. The van der Waals surface area contributed by atoms with E-state index in [0.717, 1.165) is 34.1 Å². The highest BCUT2D eigenvalue weighted by Gasteiger charge is 2.39. The van der Waals surface area contributed by atoms with Gasteiger partial charge in [-0.05, 0) is 61.2 Å². The number of sulfonamides is 1. The van der Waals surface area contributed by atoms with Crippen LogP contribution in [0.1, 0.15) is 36.7 Å². The number of amides is 2. The Balaban J connectivity index is 1.54. The number of Topliss-reactive ketones (excluding diaryl/α,β-unsaturated/α-hetero) is 1. The first-order chi connectivity index (χ1) is 21.8. The number of anilines is 1. The van der Waals surface area contributed by atoms with E-state index in [-0.39, 0.29) is 41.8 Å². The number of nitro benzene ring substituents is 1. The molecule has 1 aliphatic rings. The highest BCUT2D eigenvalue weighted by Crippen LogP contribution is 2.24. The molecule has 1 aliphatic heterocycles. The number of non-ortho nitro benzene ring substituents is 1. The maximum absolute atomic E-state index is 13.6. The highest BCUT2D eigenvalue weighted by molar-refractivity contribution is 7.89. The van der Waals surface area contributed by atoms with E-state index in [2.05, 4.69) is 5.32 Å². The first-order valence-electron chi connectivity index (χ1n) is 14.6. The summed E-state index contributed by atoms with van der Waals surface area (Å²) in [6.45, 7) is 4.55. The van der Waals surface area contributed by atoms with Gasteiger partial charge in [0.05, 0.1) is 28.5 Å². The molecule has 0 unspecified atom stereocenters. The summed E-state index contributed by atoms with van der Waals surface area (Å²) in [5.74, 6) is -0.955. The quantitative estimate of drug-likeness (QED) is 0.150. The standard InChI is InChI=1S/C32H36N4O9S/c1-21(2)18-34(46(43,44)27-15-13-26(14-16-27)36(41)42)19-29(38)28(17-23-7-5-4-6-8-23)33-31(39)30-20-35(32(40)45-30)25-11-9-24(10-12-25)22(3)37/h4-16,21,28-30,38H,17-20H2,1-3H3,(H,33,39)/t28-,29+,30-/m0/s1. The molecule has 14 heteroatoms. The molecule has 3 aromatic carbocycles. The summed E-state index contributed by atoms with van der Waals surface area (Å²) in [6, 6.07) is 18.8. The van der Waals surface area contributed by atoms with Gasteiger partial charge in [0.1, 0.15) is 0 Å². The molecule has 0 saturated carbocycles. The molecule has 0 aliphatic carbocycles. The van der Waals surface area contributed by atoms with Gasteiger partial charge in [-0.25, -0.2) is 13.2 Å². The second kappa shape index (κ2) is 14.6. The molecule has 2 amide bonds. The molecule has 2 N–H and O–H groups in total. The smallest absolute Gasteiger partial charge is 0.415 e. The van der Waals surface area contributed by atoms with Crippen LogP contribution in [0.4, 0.5) is 16.2 Å². The van der Waals surface area contributed by atoms with E-state index in [1.54, 1.807) is 48.5 Å². The van der Waals surface area contributed by atoms with E-state index in [4.69, 9.17) is 4.74 Å². The molecular formula is C32H36N4O9S. The van der Waals surface area contributed by atoms with Crippen LogP contribution in [-0.4, -0.2) is 78.4 Å². The largest absolute Gasteiger partial charge is 0.434 e. The summed E-state index contributed by atoms with van der Waals surface area (Å²) in [5, 5.41) is 25.3. The molecule has 3 aromatic rings. The van der Waals surface area contributed by atoms with Gasteiger partial charge in [0.15, 0.2) is 11.9 Å². The number of aliphatic hydroxyl groups excluding tert-OH is 1. The van der Waals surface area contributed by atoms with Crippen molar-refractivity contribution in [3.63, 3.8) is 0 Å². The lowest BCUT2D eigenvalue weighted by molar-refractivity contribution is -0.384. The molecule has 0 aromatic heterocycles. The highest BCUT2D eigenvalue weighted by atomic mass is 32.2. The summed E-state index contributed by atoms with van der Waals surface area (Å²) in [4.78, 5) is 49.2. The summed E-state index contributed by atoms with van der Waals surface area (Å²) >= 11 is 0. The van der Waals surface area contributed by atoms with E-state index in [1.807, 2.05) is 19.9 Å². The van der Waals surface area contributed by atoms with Crippen LogP contribution < -0.4 is 10.2 Å². The van der Waals surface area contributed by atoms with Gasteiger partial charge in [0.2, 0.25) is 10.0 Å². The van der Waals surface area contributed by atoms with Crippen LogP contribution in [0.3, 0.4) is 0 Å². The Labute approximate surface area is 267 Å². The lowest BCUT2D eigenvalue weighted by atomic mass is 10.0. The molecule has 0 radical (unpaired) electrons. The van der Waals surface area contributed by atoms with Crippen molar-refractivity contribution in [2.45, 2.75) is 50.3 Å². The maximum Gasteiger partial charge on any atom is 0.415 e. The molecule has 1 fully saturated rings. The van der Waals surface area contributed by atoms with Crippen LogP contribution in [-0.2, 0) is 26.0 Å². The minimum atomic E-state index is -4.20. The number of carbonyl (C=O) groups is 3. The number of benzene rings is 3. The van der Waals surface area contributed by atoms with Crippen LogP contribution in [0.5, 0.6) is 0 Å². The molecular weight excluding hydrogens is 616 g/mol. The molecule has 244 valence electrons. The first-order valence-corrected chi connectivity index (χ1v) is 16.1. The van der Waals surface area contributed by atoms with Crippen molar-refractivity contribution in [1.82, 2.24) is 9.62 Å². The third-order valence-corrected chi connectivity index (χ3v) is 9.27. The van der Waals surface area contributed by atoms with Gasteiger partial charge in [-0.3, -0.25) is 24.6 Å². The molecule has 46 heavy (non-hydrogen) atoms. The molecule has 3 atom stereocenters. The lowest BCUT2D eigenvalue weighted by Crippen LogP contribution is -2.53. The number of aliphatic hydroxyl groups is 1. The molecule has 1 heterocycles. The van der Waals surface area contributed by atoms with Crippen LogP contribution in [0.25, 0.3) is 0 Å². The lowest BCUT2D eigenvalue weighted by Gasteiger charge is -2.31. The molecule has 13 nitrogen and oxygen atoms in total. The number of rotatable bonds is 14. The van der Waals surface area contributed by atoms with E-state index >= 15 is 0 Å². The summed E-state index contributed by atoms with van der Waals surface area (Å²) in [5.41, 5.74) is 1.40. The fraction of sp³-hybridized carbons (Fsp3) is 0.344. The summed E-state index contributed by atoms with van der Waals surface area (Å²) in [7, 11) is -4.20. The fourth-order valence-electron chi connectivity index (χ4n) is 5.02. The first kappa shape index (κ1) is 34.2. The van der Waals surface area contributed by atoms with Crippen LogP contribution >= 0.6 is 0 Å². The Bertz CT molecular complexity index is 1660. The van der Waals surface area contributed by atoms with Gasteiger partial charge in [0.25, 0.3) is 11.6 Å². The van der Waals surface area contributed by atoms with Crippen molar-refractivity contribution < 1.29 is 37.6 Å². The zero-order chi connectivity index (χ0) is 33.6. The predicted octanol–water partition coefficient (Wildman–Crippen LogP) is 3.56. The third-order valence-electron chi connectivity index (χ3n) is 7.43. The second-order valence-electron chi connectivity index (χ2n) is 11.4. The number of hydrogen-bond acceptors (Lipinski definition) is 9. The Hall–Kier alpha value is -4.66. The summed E-state index contributed by atoms with van der Waals surface area (Å²) < 4.78 is 33.7. The maximum atomic E-state index is 13.6. The number of ketones is 1. The SMILES string of the molecule is CC(=O)c1ccc(N2C[C@@H](C(=O)N[C@@H](Cc3ccccc3)[C@H](O)CN(CC(C)C)S(=O)(=O)c3ccc([N+](=O)[O-])cc3)OC2=O)cc1. The third kappa shape index (κ3) is 8.33. The number of cyclic esters (lactones) is 1. The average molecular weight is 653 g/mol. The number of nitrogens with zero attached hydrogens (tertiary/aromatic N) is 3. The molecule has 4 rings (SSSR count). The Morgan fingerprint density at radius 2 is 1.67 bits per heavy atom. The number of carbonyl (C=O) groups excluding carboxylic acids is 3. The number of nitrogens with one attached hydrogen (secondary N) is 1. The van der Waals surface area contributed by atoms with Gasteiger partial charge in [-0.1, -0.05) is 44.2 Å². The number of ether oxygens (including phenoxy) is 1. The normalized spacial score (nSPS) is 16.3. The van der Waals surface area contributed by atoms with E-state index in [9.17, 15) is 38.0 Å². The average Bonchev–Trinajstić information content (AvgIpc) is 3.42. The minimum Gasteiger partial charge on any atom is -0.434 e. The van der Waals surface area contributed by atoms with E-state index in [1.165, 1.54) is 11.8 Å². The van der Waals surface area contributed by atoms with E-state index < -0.39 is 51.7 Å². The Morgan fingerprint density at radius 1 is 1.04 bits per heavy atom. The van der Waals surface area contributed by atoms with Crippen molar-refractivity contribution in [2.75, 3.05) is 24.5 Å². The fourth-order valence-corrected chi connectivity index (χ4v) is 6.64. The van der Waals surface area contributed by atoms with Crippen molar-refractivity contribution in [1.29, 1.82) is 0 Å². The van der Waals surface area contributed by atoms with Gasteiger partial charge in [0, 0.05) is 36.5 Å². The van der Waals surface area contributed by atoms with Crippen molar-refractivity contribution in [3.05, 3.63) is 100 Å². The minimum absolute atomic E-state index is 0.0278. The predicted molar refractivity (Wildman–Crippen MR) is 169 cm³/mol. The van der Waals surface area contributed by atoms with Gasteiger partial charge in [-0.15, -0.1) is 0 Å². The van der Waals surface area contributed by atoms with Gasteiger partial charge >= 0.3 is 6.09 Å². The van der Waals surface area contributed by atoms with Crippen molar-refractivity contribution >= 4 is 39.2 Å². The van der Waals surface area contributed by atoms with Gasteiger partial charge < -0.3 is 15.2 Å². The number of hydrogen-bond donors (Lipinski definition) is 2. The Kier molecular flexibility index (Phi) is 10.9. The van der Waals surface area contributed by atoms with Crippen LogP contribution in [0.15, 0.2) is 83.8 Å². The Morgan fingerprint density at radius 3 is 2.24 bits per heavy atom. The summed E-state index contributed by atoms with van der Waals surface area (Å²) in [6.07, 6.45) is -3.24. The zero-order valence-corrected chi connectivity index (χ0v) is 26.4. The van der Waals surface area contributed by atoms with E-state index in [0.29, 0.717) is 11.3 Å². The topological polar surface area (TPSA) is 176 Å². The molecule has 0 bridgehead atoms. The molecule has 0 spiro atoms. The molecule has 1 saturated heterocycles. The second-order valence-corrected chi connectivity index (χ2v) is 13.4.